The molecule has 0 spiro atoms. The topological polar surface area (TPSA) is 62.5 Å². The van der Waals surface area contributed by atoms with E-state index >= 15 is 0 Å². The van der Waals surface area contributed by atoms with Gasteiger partial charge < -0.3 is 15.5 Å². The number of benzene rings is 1. The molecule has 2 atom stereocenters. The number of pyridine rings is 1. The van der Waals surface area contributed by atoms with Crippen LogP contribution in [-0.4, -0.2) is 47.5 Å². The smallest absolute Gasteiger partial charge is 0.323 e. The van der Waals surface area contributed by atoms with Crippen molar-refractivity contribution in [3.63, 3.8) is 0 Å². The second-order valence-corrected chi connectivity index (χ2v) is 10.5. The number of nitrogens with two attached hydrogens (primary N) is 1. The van der Waals surface area contributed by atoms with Gasteiger partial charge in [0.2, 0.25) is 5.91 Å². The van der Waals surface area contributed by atoms with Gasteiger partial charge in [0.05, 0.1) is 11.1 Å². The summed E-state index contributed by atoms with van der Waals surface area (Å²) in [6.07, 6.45) is 2.71. The van der Waals surface area contributed by atoms with Crippen LogP contribution in [0.15, 0.2) is 30.5 Å². The molecule has 30 heavy (non-hydrogen) atoms. The number of hydrogen-bond acceptors (Lipinski definition) is 4. The lowest BCUT2D eigenvalue weighted by molar-refractivity contribution is -0.133. The summed E-state index contributed by atoms with van der Waals surface area (Å²) in [5, 5.41) is 0.705. The molecule has 8 heteroatoms. The van der Waals surface area contributed by atoms with Gasteiger partial charge in [-0.3, -0.25) is 9.78 Å². The van der Waals surface area contributed by atoms with E-state index in [1.54, 1.807) is 23.2 Å². The van der Waals surface area contributed by atoms with Crippen molar-refractivity contribution in [3.05, 3.63) is 36.0 Å². The number of aromatic nitrogens is 1. The number of amides is 1. The molecule has 0 unspecified atom stereocenters. The monoisotopic (exact) mass is 530 g/mol. The third kappa shape index (κ3) is 5.19. The average molecular weight is 530 g/mol. The van der Waals surface area contributed by atoms with Crippen LogP contribution in [0.5, 0.6) is 0 Å². The van der Waals surface area contributed by atoms with Gasteiger partial charge in [0, 0.05) is 78.0 Å². The van der Waals surface area contributed by atoms with Gasteiger partial charge in [-0.15, -0.1) is 0 Å². The van der Waals surface area contributed by atoms with Crippen molar-refractivity contribution in [1.82, 2.24) is 9.88 Å². The number of halogens is 3. The Morgan fingerprint density at radius 1 is 1.33 bits per heavy atom. The zero-order chi connectivity index (χ0) is 22.3. The first-order valence-corrected chi connectivity index (χ1v) is 11.2. The van der Waals surface area contributed by atoms with Crippen LogP contribution in [-0.2, 0) is 8.72 Å². The van der Waals surface area contributed by atoms with E-state index in [1.807, 2.05) is 27.0 Å². The third-order valence-corrected chi connectivity index (χ3v) is 6.16. The number of anilines is 1. The number of likely N-dealkylation sites (N-methyl/N-ethyl adjacent to an activating group) is 1. The first kappa shape index (κ1) is 23.1. The molecule has 1 amide bonds. The number of carbonyl (C=O) groups excluding carboxylic acids is 1. The van der Waals surface area contributed by atoms with Crippen molar-refractivity contribution in [2.75, 3.05) is 25.0 Å². The van der Waals surface area contributed by atoms with Crippen molar-refractivity contribution in [2.24, 2.45) is 11.7 Å². The van der Waals surface area contributed by atoms with Crippen LogP contribution < -0.4 is 10.6 Å². The fourth-order valence-corrected chi connectivity index (χ4v) is 4.61. The van der Waals surface area contributed by atoms with Crippen LogP contribution >= 0.6 is 22.6 Å². The fourth-order valence-electron chi connectivity index (χ4n) is 4.18. The highest BCUT2D eigenvalue weighted by atomic mass is 127. The van der Waals surface area contributed by atoms with Crippen LogP contribution in [0.3, 0.4) is 0 Å². The number of rotatable bonds is 5. The predicted molar refractivity (Wildman–Crippen MR) is 125 cm³/mol. The van der Waals surface area contributed by atoms with Gasteiger partial charge in [-0.25, -0.2) is 0 Å². The Morgan fingerprint density at radius 3 is 2.67 bits per heavy atom. The Labute approximate surface area is 190 Å². The predicted octanol–water partition coefficient (Wildman–Crippen LogP) is 4.52. The van der Waals surface area contributed by atoms with Gasteiger partial charge in [0.25, 0.3) is 0 Å². The molecular formula is C22H29F2IN4O. The molecule has 1 aliphatic heterocycles. The van der Waals surface area contributed by atoms with Crippen LogP contribution in [0.2, 0.25) is 0 Å². The van der Waals surface area contributed by atoms with E-state index in [4.69, 9.17) is 5.73 Å². The molecule has 1 aromatic carbocycles. The summed E-state index contributed by atoms with van der Waals surface area (Å²) in [5.74, 6) is 0.371. The molecular weight excluding hydrogens is 501 g/mol. The fraction of sp³-hybridized carbons (Fsp3) is 0.545. The van der Waals surface area contributed by atoms with E-state index in [0.29, 0.717) is 23.4 Å². The average Bonchev–Trinajstić information content (AvgIpc) is 2.63. The van der Waals surface area contributed by atoms with E-state index in [9.17, 15) is 13.6 Å². The Balaban J connectivity index is 1.93. The second kappa shape index (κ2) is 8.53. The molecule has 2 heterocycles. The Hall–Kier alpha value is -1.55. The van der Waals surface area contributed by atoms with Crippen molar-refractivity contribution < 1.29 is 13.6 Å². The van der Waals surface area contributed by atoms with Crippen molar-refractivity contribution >= 4 is 45.1 Å². The lowest BCUT2D eigenvalue weighted by Gasteiger charge is -2.42. The first-order valence-electron chi connectivity index (χ1n) is 10.1. The summed E-state index contributed by atoms with van der Waals surface area (Å²) in [7, 11) is 1.83. The molecule has 164 valence electrons. The molecule has 1 aliphatic rings. The molecule has 1 fully saturated rings. The van der Waals surface area contributed by atoms with Crippen molar-refractivity contribution in [1.29, 1.82) is 0 Å². The van der Waals surface area contributed by atoms with Crippen LogP contribution in [0, 0.1) is 5.92 Å². The van der Waals surface area contributed by atoms with Crippen LogP contribution in [0.1, 0.15) is 39.2 Å². The minimum Gasteiger partial charge on any atom is -0.369 e. The van der Waals surface area contributed by atoms with Gasteiger partial charge >= 0.3 is 3.93 Å². The summed E-state index contributed by atoms with van der Waals surface area (Å²) in [6.45, 7) is 7.28. The summed E-state index contributed by atoms with van der Waals surface area (Å²) >= 11 is 1.15. The quantitative estimate of drug-likeness (QED) is 0.457. The lowest BCUT2D eigenvalue weighted by atomic mass is 9.93. The van der Waals surface area contributed by atoms with E-state index in [0.717, 1.165) is 41.2 Å². The van der Waals surface area contributed by atoms with Crippen molar-refractivity contribution in [3.8, 4) is 0 Å². The SMILES string of the molecule is C[C@H]1C[C@@H](N(C)C(=O)CC(C)(C)N)CN(c2ccc(C(F)(F)I)c3ncccc23)C1. The molecule has 1 saturated heterocycles. The van der Waals surface area contributed by atoms with E-state index in [2.05, 4.69) is 16.8 Å². The maximum Gasteiger partial charge on any atom is 0.323 e. The Bertz CT molecular complexity index is 925. The number of hydrogen-bond donors (Lipinski definition) is 1. The summed E-state index contributed by atoms with van der Waals surface area (Å²) in [5.41, 5.74) is 6.58. The van der Waals surface area contributed by atoms with E-state index < -0.39 is 9.47 Å². The highest BCUT2D eigenvalue weighted by Gasteiger charge is 2.34. The zero-order valence-corrected chi connectivity index (χ0v) is 20.0. The molecule has 2 N–H and O–H groups in total. The van der Waals surface area contributed by atoms with Gasteiger partial charge in [0.15, 0.2) is 0 Å². The minimum absolute atomic E-state index is 0.0213. The van der Waals surface area contributed by atoms with Gasteiger partial charge in [-0.2, -0.15) is 8.78 Å². The normalized spacial score (nSPS) is 20.5. The molecule has 0 radical (unpaired) electrons. The third-order valence-electron chi connectivity index (χ3n) is 5.58. The number of piperidine rings is 1. The molecule has 0 bridgehead atoms. The molecule has 1 aromatic heterocycles. The minimum atomic E-state index is -3.00. The van der Waals surface area contributed by atoms with E-state index in [1.165, 1.54) is 6.07 Å². The van der Waals surface area contributed by atoms with Crippen LogP contribution in [0.25, 0.3) is 10.9 Å². The maximum absolute atomic E-state index is 14.1. The standard InChI is InChI=1S/C22H29F2IN4O/c1-14-10-15(28(4)19(30)11-21(2,3)26)13-29(12-14)18-8-7-17(22(23,24)25)20-16(18)6-5-9-27-20/h5-9,14-15H,10-13,26H2,1-4H3/t14-,15+/m0/s1. The van der Waals surface area contributed by atoms with E-state index in [-0.39, 0.29) is 23.9 Å². The summed E-state index contributed by atoms with van der Waals surface area (Å²) < 4.78 is 25.2. The Kier molecular flexibility index (Phi) is 6.57. The Morgan fingerprint density at radius 2 is 2.03 bits per heavy atom. The summed E-state index contributed by atoms with van der Waals surface area (Å²) in [4.78, 5) is 20.9. The number of carbonyl (C=O) groups is 1. The number of nitrogens with zero attached hydrogens (tertiary/aromatic N) is 3. The summed E-state index contributed by atoms with van der Waals surface area (Å²) in [6, 6.07) is 6.86. The molecule has 0 aliphatic carbocycles. The molecule has 0 saturated carbocycles. The lowest BCUT2D eigenvalue weighted by Crippen LogP contribution is -2.52. The van der Waals surface area contributed by atoms with Gasteiger partial charge in [-0.05, 0) is 50.5 Å². The highest BCUT2D eigenvalue weighted by molar-refractivity contribution is 14.1. The number of alkyl halides is 3. The largest absolute Gasteiger partial charge is 0.369 e. The van der Waals surface area contributed by atoms with Crippen molar-refractivity contribution in [2.45, 2.75) is 49.1 Å². The molecule has 5 nitrogen and oxygen atoms in total. The zero-order valence-electron chi connectivity index (χ0n) is 17.8. The first-order chi connectivity index (χ1) is 13.9. The number of fused-ring (bicyclic) bond motifs is 1. The highest BCUT2D eigenvalue weighted by Crippen LogP contribution is 2.41. The second-order valence-electron chi connectivity index (χ2n) is 9.10. The molecule has 2 aromatic rings. The molecule has 3 rings (SSSR count). The van der Waals surface area contributed by atoms with Gasteiger partial charge in [0.1, 0.15) is 0 Å². The van der Waals surface area contributed by atoms with Gasteiger partial charge in [-0.1, -0.05) is 6.92 Å². The maximum atomic E-state index is 14.1. The van der Waals surface area contributed by atoms with Crippen LogP contribution in [0.4, 0.5) is 14.5 Å².